The Bertz CT molecular complexity index is 385. The lowest BCUT2D eigenvalue weighted by atomic mass is 10.2. The lowest BCUT2D eigenvalue weighted by Crippen LogP contribution is -2.37. The van der Waals surface area contributed by atoms with E-state index in [2.05, 4.69) is 46.8 Å². The Morgan fingerprint density at radius 3 is 2.84 bits per heavy atom. The van der Waals surface area contributed by atoms with Crippen molar-refractivity contribution in [3.63, 3.8) is 0 Å². The van der Waals surface area contributed by atoms with Crippen LogP contribution in [0.3, 0.4) is 0 Å². The summed E-state index contributed by atoms with van der Waals surface area (Å²) in [5, 5.41) is 8.21. The Hall–Kier alpha value is -0.870. The van der Waals surface area contributed by atoms with Gasteiger partial charge in [0, 0.05) is 25.7 Å². The molecule has 2 heterocycles. The summed E-state index contributed by atoms with van der Waals surface area (Å²) in [5.74, 6) is 0. The molecule has 0 saturated carbocycles. The van der Waals surface area contributed by atoms with E-state index in [1.165, 1.54) is 37.3 Å². The van der Waals surface area contributed by atoms with Gasteiger partial charge in [-0.05, 0) is 45.3 Å². The molecule has 0 amide bonds. The molecule has 0 bridgehead atoms. The fourth-order valence-corrected chi connectivity index (χ4v) is 3.01. The minimum absolute atomic E-state index is 0.730. The van der Waals surface area contributed by atoms with E-state index in [-0.39, 0.29) is 0 Å². The van der Waals surface area contributed by atoms with Gasteiger partial charge in [0.2, 0.25) is 0 Å². The summed E-state index contributed by atoms with van der Waals surface area (Å²) in [4.78, 5) is 2.58. The zero-order valence-corrected chi connectivity index (χ0v) is 12.7. The third-order valence-corrected chi connectivity index (χ3v) is 4.17. The van der Waals surface area contributed by atoms with E-state index in [4.69, 9.17) is 0 Å². The van der Waals surface area contributed by atoms with Crippen LogP contribution in [-0.2, 0) is 19.5 Å². The first kappa shape index (κ1) is 14.5. The maximum Gasteiger partial charge on any atom is 0.0625 e. The SMILES string of the molecule is CCc1cc(CNCC2CCCN2CC)n(CC)n1. The highest BCUT2D eigenvalue weighted by atomic mass is 15.3. The van der Waals surface area contributed by atoms with Crippen molar-refractivity contribution < 1.29 is 0 Å². The van der Waals surface area contributed by atoms with Crippen LogP contribution in [0.1, 0.15) is 45.0 Å². The highest BCUT2D eigenvalue weighted by Gasteiger charge is 2.22. The lowest BCUT2D eigenvalue weighted by Gasteiger charge is -2.23. The highest BCUT2D eigenvalue weighted by Crippen LogP contribution is 2.15. The molecule has 1 saturated heterocycles. The molecule has 108 valence electrons. The molecule has 1 unspecified atom stereocenters. The monoisotopic (exact) mass is 264 g/mol. The first-order valence-corrected chi connectivity index (χ1v) is 7.78. The van der Waals surface area contributed by atoms with Crippen LogP contribution in [0, 0.1) is 0 Å². The molecule has 4 heteroatoms. The lowest BCUT2D eigenvalue weighted by molar-refractivity contribution is 0.259. The maximum atomic E-state index is 4.59. The van der Waals surface area contributed by atoms with Crippen molar-refractivity contribution in [3.05, 3.63) is 17.5 Å². The van der Waals surface area contributed by atoms with Crippen molar-refractivity contribution >= 4 is 0 Å². The van der Waals surface area contributed by atoms with Crippen LogP contribution < -0.4 is 5.32 Å². The number of aryl methyl sites for hydroxylation is 2. The molecule has 2 rings (SSSR count). The summed E-state index contributed by atoms with van der Waals surface area (Å²) in [7, 11) is 0. The Kier molecular flexibility index (Phi) is 5.40. The van der Waals surface area contributed by atoms with Crippen LogP contribution in [0.15, 0.2) is 6.07 Å². The van der Waals surface area contributed by atoms with Gasteiger partial charge in [0.05, 0.1) is 11.4 Å². The Balaban J connectivity index is 1.83. The molecule has 4 nitrogen and oxygen atoms in total. The number of likely N-dealkylation sites (N-methyl/N-ethyl adjacent to an activating group) is 1. The minimum atomic E-state index is 0.730. The molecular weight excluding hydrogens is 236 g/mol. The second-order valence-electron chi connectivity index (χ2n) is 5.35. The van der Waals surface area contributed by atoms with Crippen LogP contribution in [0.2, 0.25) is 0 Å². The predicted octanol–water partition coefficient (Wildman–Crippen LogP) is 2.04. The van der Waals surface area contributed by atoms with Crippen molar-refractivity contribution in [3.8, 4) is 0 Å². The van der Waals surface area contributed by atoms with Crippen molar-refractivity contribution in [1.29, 1.82) is 0 Å². The molecule has 1 aliphatic heterocycles. The number of aromatic nitrogens is 2. The topological polar surface area (TPSA) is 33.1 Å². The number of hydrogen-bond acceptors (Lipinski definition) is 3. The molecular formula is C15H28N4. The van der Waals surface area contributed by atoms with Crippen molar-refractivity contribution in [2.24, 2.45) is 0 Å². The van der Waals surface area contributed by atoms with E-state index < -0.39 is 0 Å². The van der Waals surface area contributed by atoms with Gasteiger partial charge in [-0.2, -0.15) is 5.10 Å². The van der Waals surface area contributed by atoms with Crippen molar-refractivity contribution in [1.82, 2.24) is 20.0 Å². The third kappa shape index (κ3) is 3.57. The quantitative estimate of drug-likeness (QED) is 0.818. The number of nitrogens with zero attached hydrogens (tertiary/aromatic N) is 3. The molecule has 19 heavy (non-hydrogen) atoms. The van der Waals surface area contributed by atoms with Gasteiger partial charge in [0.15, 0.2) is 0 Å². The van der Waals surface area contributed by atoms with Crippen LogP contribution in [0.25, 0.3) is 0 Å². The van der Waals surface area contributed by atoms with Crippen LogP contribution in [0.5, 0.6) is 0 Å². The fourth-order valence-electron chi connectivity index (χ4n) is 3.01. The Morgan fingerprint density at radius 1 is 1.32 bits per heavy atom. The average Bonchev–Trinajstić information content (AvgIpc) is 3.04. The van der Waals surface area contributed by atoms with E-state index in [1.807, 2.05) is 0 Å². The molecule has 0 aromatic carbocycles. The summed E-state index contributed by atoms with van der Waals surface area (Å²) in [6.07, 6.45) is 3.72. The Labute approximate surface area is 117 Å². The van der Waals surface area contributed by atoms with Gasteiger partial charge in [-0.3, -0.25) is 9.58 Å². The van der Waals surface area contributed by atoms with Gasteiger partial charge >= 0.3 is 0 Å². The summed E-state index contributed by atoms with van der Waals surface area (Å²) in [6.45, 7) is 12.0. The standard InChI is InChI=1S/C15H28N4/c1-4-13-10-15(19(6-3)17-13)12-16-11-14-8-7-9-18(14)5-2/h10,14,16H,4-9,11-12H2,1-3H3. The molecule has 0 aliphatic carbocycles. The maximum absolute atomic E-state index is 4.59. The summed E-state index contributed by atoms with van der Waals surface area (Å²) >= 11 is 0. The normalized spacial score (nSPS) is 20.3. The number of hydrogen-bond donors (Lipinski definition) is 1. The predicted molar refractivity (Wildman–Crippen MR) is 79.3 cm³/mol. The van der Waals surface area contributed by atoms with Crippen molar-refractivity contribution in [2.45, 2.75) is 59.2 Å². The number of nitrogens with one attached hydrogen (secondary N) is 1. The van der Waals surface area contributed by atoms with Gasteiger partial charge in [-0.15, -0.1) is 0 Å². The third-order valence-electron chi connectivity index (χ3n) is 4.17. The first-order chi connectivity index (χ1) is 9.28. The fraction of sp³-hybridized carbons (Fsp3) is 0.800. The number of rotatable bonds is 7. The van der Waals surface area contributed by atoms with E-state index in [9.17, 15) is 0 Å². The van der Waals surface area contributed by atoms with Gasteiger partial charge in [0.1, 0.15) is 0 Å². The highest BCUT2D eigenvalue weighted by molar-refractivity contribution is 5.10. The van der Waals surface area contributed by atoms with Crippen LogP contribution >= 0.6 is 0 Å². The second-order valence-corrected chi connectivity index (χ2v) is 5.35. The van der Waals surface area contributed by atoms with E-state index in [1.54, 1.807) is 0 Å². The molecule has 1 N–H and O–H groups in total. The molecule has 1 aromatic rings. The van der Waals surface area contributed by atoms with E-state index >= 15 is 0 Å². The largest absolute Gasteiger partial charge is 0.310 e. The van der Waals surface area contributed by atoms with Crippen LogP contribution in [-0.4, -0.2) is 40.4 Å². The molecule has 1 aromatic heterocycles. The smallest absolute Gasteiger partial charge is 0.0625 e. The average molecular weight is 264 g/mol. The summed E-state index contributed by atoms with van der Waals surface area (Å²) in [6, 6.07) is 2.97. The van der Waals surface area contributed by atoms with E-state index in [0.29, 0.717) is 0 Å². The first-order valence-electron chi connectivity index (χ1n) is 7.78. The Morgan fingerprint density at radius 2 is 2.16 bits per heavy atom. The molecule has 0 radical (unpaired) electrons. The summed E-state index contributed by atoms with van der Waals surface area (Å²) < 4.78 is 2.12. The zero-order chi connectivity index (χ0) is 13.7. The summed E-state index contributed by atoms with van der Waals surface area (Å²) in [5.41, 5.74) is 2.52. The van der Waals surface area contributed by atoms with Gasteiger partial charge in [-0.25, -0.2) is 0 Å². The second kappa shape index (κ2) is 7.06. The minimum Gasteiger partial charge on any atom is -0.310 e. The van der Waals surface area contributed by atoms with E-state index in [0.717, 1.165) is 32.1 Å². The molecule has 1 fully saturated rings. The van der Waals surface area contributed by atoms with Crippen LogP contribution in [0.4, 0.5) is 0 Å². The zero-order valence-electron chi connectivity index (χ0n) is 12.7. The van der Waals surface area contributed by atoms with Gasteiger partial charge < -0.3 is 5.32 Å². The molecule has 0 spiro atoms. The molecule has 1 atom stereocenters. The van der Waals surface area contributed by atoms with Gasteiger partial charge in [-0.1, -0.05) is 13.8 Å². The molecule has 1 aliphatic rings. The van der Waals surface area contributed by atoms with Crippen molar-refractivity contribution in [2.75, 3.05) is 19.6 Å². The number of likely N-dealkylation sites (tertiary alicyclic amines) is 1. The van der Waals surface area contributed by atoms with Gasteiger partial charge in [0.25, 0.3) is 0 Å².